The minimum atomic E-state index is -1.73. The van der Waals surface area contributed by atoms with Gasteiger partial charge < -0.3 is 35.0 Å². The Balaban J connectivity index is 1.33. The Morgan fingerprint density at radius 1 is 1.12 bits per heavy atom. The number of carbonyl (C=O) groups is 1. The van der Waals surface area contributed by atoms with Crippen LogP contribution in [0.4, 0.5) is 0 Å². The molecule has 0 aromatic rings. The van der Waals surface area contributed by atoms with Gasteiger partial charge >= 0.3 is 5.97 Å². The third-order valence-corrected chi connectivity index (χ3v) is 10.6. The number of hydrogen-bond acceptors (Lipinski definition) is 7. The van der Waals surface area contributed by atoms with Crippen molar-refractivity contribution in [1.29, 1.82) is 0 Å². The van der Waals surface area contributed by atoms with Gasteiger partial charge in [0.2, 0.25) is 0 Å². The molecule has 0 amide bonds. The van der Waals surface area contributed by atoms with Crippen LogP contribution in [0.1, 0.15) is 98.3 Å². The third kappa shape index (κ3) is 7.16. The van der Waals surface area contributed by atoms with E-state index >= 15 is 0 Å². The highest BCUT2D eigenvalue weighted by atomic mass is 16.7. The Labute approximate surface area is 245 Å². The molecule has 0 aromatic heterocycles. The molecule has 4 aliphatic rings. The van der Waals surface area contributed by atoms with Crippen molar-refractivity contribution >= 4 is 5.97 Å². The maximum Gasteiger partial charge on any atom is 0.335 e. The molecule has 5 N–H and O–H groups in total. The lowest BCUT2D eigenvalue weighted by atomic mass is 9.60. The van der Waals surface area contributed by atoms with E-state index in [2.05, 4.69) is 32.6 Å². The molecule has 10 atom stereocenters. The average Bonchev–Trinajstić information content (AvgIpc) is 3.26. The molecule has 1 heterocycles. The number of hydrogen-bond donors (Lipinski definition) is 5. The van der Waals surface area contributed by atoms with Crippen LogP contribution in [0.15, 0.2) is 35.5 Å². The summed E-state index contributed by atoms with van der Waals surface area (Å²) in [7, 11) is 0. The van der Waals surface area contributed by atoms with Gasteiger partial charge in [-0.15, -0.1) is 0 Å². The molecule has 0 bridgehead atoms. The monoisotopic (exact) mass is 576 g/mol. The maximum absolute atomic E-state index is 11.4. The molecule has 0 aromatic carbocycles. The zero-order chi connectivity index (χ0) is 30.1. The fraction of sp³-hybridized carbons (Fsp3) is 0.788. The fourth-order valence-electron chi connectivity index (χ4n) is 8.18. The van der Waals surface area contributed by atoms with E-state index in [9.17, 15) is 30.3 Å². The lowest BCUT2D eigenvalue weighted by molar-refractivity contribution is -0.317. The molecule has 0 unspecified atom stereocenters. The van der Waals surface area contributed by atoms with Gasteiger partial charge in [-0.05, 0) is 100 Å². The summed E-state index contributed by atoms with van der Waals surface area (Å²) in [5, 5.41) is 49.8. The van der Waals surface area contributed by atoms with E-state index < -0.39 is 42.3 Å². The highest BCUT2D eigenvalue weighted by molar-refractivity contribution is 5.73. The van der Waals surface area contributed by atoms with E-state index in [0.29, 0.717) is 30.6 Å². The number of aliphatic hydroxyl groups excluding tert-OH is 4. The normalized spacial score (nSPS) is 41.0. The largest absolute Gasteiger partial charge is 0.479 e. The van der Waals surface area contributed by atoms with E-state index in [1.807, 2.05) is 13.8 Å². The summed E-state index contributed by atoms with van der Waals surface area (Å²) >= 11 is 0. The molecule has 1 aliphatic heterocycles. The Kier molecular flexibility index (Phi) is 10.2. The summed E-state index contributed by atoms with van der Waals surface area (Å²) < 4.78 is 11.3. The third-order valence-electron chi connectivity index (χ3n) is 10.6. The zero-order valence-corrected chi connectivity index (χ0v) is 25.3. The van der Waals surface area contributed by atoms with Crippen molar-refractivity contribution in [1.82, 2.24) is 0 Å². The second-order valence-corrected chi connectivity index (χ2v) is 14.0. The zero-order valence-electron chi connectivity index (χ0n) is 25.3. The predicted molar refractivity (Wildman–Crippen MR) is 156 cm³/mol. The van der Waals surface area contributed by atoms with Gasteiger partial charge in [-0.2, -0.15) is 0 Å². The van der Waals surface area contributed by atoms with Gasteiger partial charge in [-0.3, -0.25) is 0 Å². The van der Waals surface area contributed by atoms with Crippen LogP contribution in [-0.4, -0.2) is 73.9 Å². The second kappa shape index (κ2) is 13.0. The first-order chi connectivity index (χ1) is 19.2. The fourth-order valence-corrected chi connectivity index (χ4v) is 8.18. The predicted octanol–water partition coefficient (Wildman–Crippen LogP) is 4.65. The summed E-state index contributed by atoms with van der Waals surface area (Å²) in [4.78, 5) is 11.4. The maximum atomic E-state index is 11.4. The van der Waals surface area contributed by atoms with E-state index in [4.69, 9.17) is 9.47 Å². The number of carboxylic acids is 1. The van der Waals surface area contributed by atoms with Gasteiger partial charge in [0.1, 0.15) is 18.3 Å². The lowest BCUT2D eigenvalue weighted by Gasteiger charge is -2.44. The summed E-state index contributed by atoms with van der Waals surface area (Å²) in [5.74, 6) is 0.353. The van der Waals surface area contributed by atoms with Crippen molar-refractivity contribution < 1.29 is 39.8 Å². The van der Waals surface area contributed by atoms with Crippen LogP contribution in [-0.2, 0) is 14.3 Å². The van der Waals surface area contributed by atoms with Crippen molar-refractivity contribution in [2.24, 2.45) is 23.2 Å². The highest BCUT2D eigenvalue weighted by Crippen LogP contribution is 2.60. The molecule has 8 nitrogen and oxygen atoms in total. The second-order valence-electron chi connectivity index (χ2n) is 14.0. The Hall–Kier alpha value is -1.55. The van der Waals surface area contributed by atoms with Crippen molar-refractivity contribution in [2.45, 2.75) is 141 Å². The van der Waals surface area contributed by atoms with E-state index in [1.165, 1.54) is 31.3 Å². The summed E-state index contributed by atoms with van der Waals surface area (Å²) in [6.45, 7) is 12.8. The number of allylic oxidation sites excluding steroid dienone is 4. The van der Waals surface area contributed by atoms with Crippen LogP contribution in [0.5, 0.6) is 0 Å². The molecule has 0 spiro atoms. The van der Waals surface area contributed by atoms with Crippen molar-refractivity contribution in [2.75, 3.05) is 0 Å². The van der Waals surface area contributed by atoms with Crippen LogP contribution >= 0.6 is 0 Å². The van der Waals surface area contributed by atoms with Gasteiger partial charge in [0.15, 0.2) is 12.4 Å². The molecule has 232 valence electrons. The molecule has 41 heavy (non-hydrogen) atoms. The first-order valence-corrected chi connectivity index (χ1v) is 15.6. The number of fused-ring (bicyclic) bond motifs is 1. The van der Waals surface area contributed by atoms with E-state index in [-0.39, 0.29) is 11.5 Å². The van der Waals surface area contributed by atoms with Gasteiger partial charge in [-0.1, -0.05) is 56.6 Å². The first-order valence-electron chi connectivity index (χ1n) is 15.6. The number of ether oxygens (including phenoxy) is 2. The molecule has 1 saturated heterocycles. The molecular weight excluding hydrogens is 524 g/mol. The first kappa shape index (κ1) is 32.4. The van der Waals surface area contributed by atoms with Gasteiger partial charge in [0.05, 0.1) is 11.7 Å². The minimum Gasteiger partial charge on any atom is -0.479 e. The molecule has 3 aliphatic carbocycles. The molecular formula is C33H52O8. The molecule has 0 radical (unpaired) electrons. The smallest absolute Gasteiger partial charge is 0.335 e. The number of aliphatic hydroxyl groups is 4. The molecule has 4 fully saturated rings. The summed E-state index contributed by atoms with van der Waals surface area (Å²) in [6.07, 6.45) is 7.44. The van der Waals surface area contributed by atoms with Gasteiger partial charge in [0, 0.05) is 0 Å². The van der Waals surface area contributed by atoms with E-state index in [0.717, 1.165) is 37.7 Å². The topological polar surface area (TPSA) is 137 Å². The Morgan fingerprint density at radius 3 is 2.56 bits per heavy atom. The minimum absolute atomic E-state index is 0.254. The molecule has 4 rings (SSSR count). The standard InChI is InChI=1S/C33H52O8/c1-19-10-13-23(34)18-22(19)12-11-21-9-7-17-33(5)24(14-15-25(21)33)20(2)8-6-16-32(3,4)41-31-28(37)26(35)27(36)29(40-31)30(38)39/h11-12,20,23-29,31,34-37H,1,6-10,13-18H2,2-5H3,(H,38,39)/b21-11+,22-12-/t20-,23+,24-,25+,26+,27+,28-,29+,31+,33-/m1/s1. The summed E-state index contributed by atoms with van der Waals surface area (Å²) in [6, 6.07) is 0. The van der Waals surface area contributed by atoms with Crippen molar-refractivity contribution in [3.63, 3.8) is 0 Å². The SMILES string of the molecule is C=C1CC[C@H](O)C/C1=C/C=C1\CCC[C@]2(C)[C@@H]([C@H](C)CCCC(C)(C)O[C@@H]3O[C@H](C(=O)O)[C@@H](O)[C@H](O)[C@H]3O)CC[C@@H]12. The van der Waals surface area contributed by atoms with Crippen LogP contribution in [0, 0.1) is 23.2 Å². The number of carboxylic acid groups (broad SMARTS) is 1. The van der Waals surface area contributed by atoms with Gasteiger partial charge in [0.25, 0.3) is 0 Å². The molecule has 3 saturated carbocycles. The van der Waals surface area contributed by atoms with Crippen molar-refractivity contribution in [3.05, 3.63) is 35.5 Å². The van der Waals surface area contributed by atoms with Crippen LogP contribution in [0.25, 0.3) is 0 Å². The van der Waals surface area contributed by atoms with Crippen LogP contribution in [0.2, 0.25) is 0 Å². The lowest BCUT2D eigenvalue weighted by Crippen LogP contribution is -2.61. The Morgan fingerprint density at radius 2 is 1.85 bits per heavy atom. The number of aliphatic carboxylic acids is 1. The van der Waals surface area contributed by atoms with Crippen LogP contribution in [0.3, 0.4) is 0 Å². The van der Waals surface area contributed by atoms with Gasteiger partial charge in [-0.25, -0.2) is 4.79 Å². The average molecular weight is 577 g/mol. The quantitative estimate of drug-likeness (QED) is 0.268. The van der Waals surface area contributed by atoms with Crippen molar-refractivity contribution in [3.8, 4) is 0 Å². The Bertz CT molecular complexity index is 1020. The number of rotatable bonds is 9. The highest BCUT2D eigenvalue weighted by Gasteiger charge is 2.51. The summed E-state index contributed by atoms with van der Waals surface area (Å²) in [5.41, 5.74) is 3.48. The molecule has 8 heteroatoms. The van der Waals surface area contributed by atoms with Crippen LogP contribution < -0.4 is 0 Å². The van der Waals surface area contributed by atoms with E-state index in [1.54, 1.807) is 5.57 Å².